The molecule has 2 aromatic heterocycles. The summed E-state index contributed by atoms with van der Waals surface area (Å²) >= 11 is 0. The highest BCUT2D eigenvalue weighted by atomic mass is 19.1. The predicted molar refractivity (Wildman–Crippen MR) is 115 cm³/mol. The van der Waals surface area contributed by atoms with Gasteiger partial charge in [-0.1, -0.05) is 48.5 Å². The Morgan fingerprint density at radius 3 is 2.39 bits per heavy atom. The van der Waals surface area contributed by atoms with Gasteiger partial charge < -0.3 is 9.80 Å². The van der Waals surface area contributed by atoms with Gasteiger partial charge in [-0.25, -0.2) is 4.39 Å². The van der Waals surface area contributed by atoms with Crippen LogP contribution < -0.4 is 4.90 Å². The third-order valence-electron chi connectivity index (χ3n) is 5.54. The number of fused-ring (bicyclic) bond motifs is 1. The van der Waals surface area contributed by atoms with Crippen LogP contribution >= 0.6 is 0 Å². The largest absolute Gasteiger partial charge is 0.352 e. The lowest BCUT2D eigenvalue weighted by Crippen LogP contribution is -2.49. The number of carbonyl (C=O) groups is 1. The summed E-state index contributed by atoms with van der Waals surface area (Å²) in [7, 11) is 0. The van der Waals surface area contributed by atoms with Gasteiger partial charge in [0.05, 0.1) is 6.42 Å². The van der Waals surface area contributed by atoms with Crippen LogP contribution in [0.15, 0.2) is 66.7 Å². The van der Waals surface area contributed by atoms with E-state index in [1.54, 1.807) is 27.6 Å². The lowest BCUT2D eigenvalue weighted by Gasteiger charge is -2.35. The Labute approximate surface area is 178 Å². The first-order valence-electron chi connectivity index (χ1n) is 10.2. The van der Waals surface area contributed by atoms with Gasteiger partial charge in [-0.3, -0.25) is 4.79 Å². The van der Waals surface area contributed by atoms with Crippen molar-refractivity contribution in [3.63, 3.8) is 0 Å². The molecule has 1 aliphatic heterocycles. The fourth-order valence-corrected chi connectivity index (χ4v) is 3.82. The summed E-state index contributed by atoms with van der Waals surface area (Å²) < 4.78 is 15.6. The topological polar surface area (TPSA) is 66.6 Å². The normalized spacial score (nSPS) is 14.2. The van der Waals surface area contributed by atoms with E-state index in [0.29, 0.717) is 43.2 Å². The van der Waals surface area contributed by atoms with Gasteiger partial charge in [0.1, 0.15) is 11.6 Å². The zero-order valence-corrected chi connectivity index (χ0v) is 16.9. The van der Waals surface area contributed by atoms with Crippen LogP contribution in [0.4, 0.5) is 10.2 Å². The molecular weight excluding hydrogens is 395 g/mol. The number of benzene rings is 2. The maximum Gasteiger partial charge on any atom is 0.227 e. The van der Waals surface area contributed by atoms with Crippen LogP contribution in [0.3, 0.4) is 0 Å². The minimum absolute atomic E-state index is 0.0571. The lowest BCUT2D eigenvalue weighted by molar-refractivity contribution is -0.130. The van der Waals surface area contributed by atoms with Gasteiger partial charge in [0.25, 0.3) is 0 Å². The number of hydrogen-bond donors (Lipinski definition) is 0. The molecule has 1 fully saturated rings. The molecule has 2 aromatic carbocycles. The summed E-state index contributed by atoms with van der Waals surface area (Å²) in [5.41, 5.74) is 2.06. The summed E-state index contributed by atoms with van der Waals surface area (Å²) in [6.45, 7) is 2.45. The molecule has 156 valence electrons. The molecule has 7 nitrogen and oxygen atoms in total. The molecule has 4 aromatic rings. The molecular formula is C23H21FN6O. The first-order valence-corrected chi connectivity index (χ1v) is 10.2. The van der Waals surface area contributed by atoms with E-state index < -0.39 is 0 Å². The minimum Gasteiger partial charge on any atom is -0.352 e. The van der Waals surface area contributed by atoms with E-state index in [0.717, 1.165) is 11.4 Å². The van der Waals surface area contributed by atoms with E-state index in [4.69, 9.17) is 5.10 Å². The van der Waals surface area contributed by atoms with Crippen LogP contribution in [0.25, 0.3) is 17.0 Å². The van der Waals surface area contributed by atoms with Crippen molar-refractivity contribution in [1.82, 2.24) is 24.7 Å². The van der Waals surface area contributed by atoms with Gasteiger partial charge in [0.2, 0.25) is 5.91 Å². The van der Waals surface area contributed by atoms with Gasteiger partial charge in [0, 0.05) is 31.7 Å². The zero-order chi connectivity index (χ0) is 21.2. The van der Waals surface area contributed by atoms with Gasteiger partial charge in [-0.15, -0.1) is 15.3 Å². The van der Waals surface area contributed by atoms with Crippen molar-refractivity contribution in [2.75, 3.05) is 31.1 Å². The summed E-state index contributed by atoms with van der Waals surface area (Å²) in [5.74, 6) is 1.11. The summed E-state index contributed by atoms with van der Waals surface area (Å²) in [6, 6.07) is 20.1. The van der Waals surface area contributed by atoms with Crippen molar-refractivity contribution in [2.45, 2.75) is 6.42 Å². The van der Waals surface area contributed by atoms with Crippen LogP contribution in [0, 0.1) is 5.82 Å². The second kappa shape index (κ2) is 8.14. The van der Waals surface area contributed by atoms with E-state index in [1.807, 2.05) is 42.5 Å². The molecule has 0 aliphatic carbocycles. The molecule has 5 rings (SSSR count). The smallest absolute Gasteiger partial charge is 0.227 e. The Hall–Kier alpha value is -3.81. The molecule has 0 N–H and O–H groups in total. The van der Waals surface area contributed by atoms with Crippen LogP contribution in [0.2, 0.25) is 0 Å². The average Bonchev–Trinajstić information content (AvgIpc) is 3.24. The quantitative estimate of drug-likeness (QED) is 0.512. The molecule has 0 spiro atoms. The predicted octanol–water partition coefficient (Wildman–Crippen LogP) is 2.82. The summed E-state index contributed by atoms with van der Waals surface area (Å²) in [4.78, 5) is 16.5. The number of anilines is 1. The monoisotopic (exact) mass is 416 g/mol. The van der Waals surface area contributed by atoms with Crippen LogP contribution in [-0.4, -0.2) is 56.8 Å². The SMILES string of the molecule is O=C(Cc1ccccc1F)N1CCN(c2ccc3nnc(-c4ccccc4)n3n2)CC1. The van der Waals surface area contributed by atoms with Gasteiger partial charge in [0.15, 0.2) is 11.5 Å². The van der Waals surface area contributed by atoms with Crippen molar-refractivity contribution in [2.24, 2.45) is 0 Å². The number of amides is 1. The maximum absolute atomic E-state index is 13.9. The van der Waals surface area contributed by atoms with Gasteiger partial charge in [-0.05, 0) is 23.8 Å². The van der Waals surface area contributed by atoms with E-state index in [9.17, 15) is 9.18 Å². The van der Waals surface area contributed by atoms with Gasteiger partial charge in [-0.2, -0.15) is 4.52 Å². The number of rotatable bonds is 4. The molecule has 31 heavy (non-hydrogen) atoms. The summed E-state index contributed by atoms with van der Waals surface area (Å²) in [6.07, 6.45) is 0.0814. The third-order valence-corrected chi connectivity index (χ3v) is 5.54. The Morgan fingerprint density at radius 2 is 1.61 bits per heavy atom. The molecule has 0 unspecified atom stereocenters. The average molecular weight is 416 g/mol. The van der Waals surface area contributed by atoms with Crippen LogP contribution in [0.1, 0.15) is 5.56 Å². The molecule has 3 heterocycles. The van der Waals surface area contributed by atoms with Crippen molar-refractivity contribution >= 4 is 17.4 Å². The first-order chi connectivity index (χ1) is 15.2. The molecule has 0 saturated carbocycles. The minimum atomic E-state index is -0.338. The molecule has 1 saturated heterocycles. The molecule has 1 amide bonds. The number of nitrogens with zero attached hydrogens (tertiary/aromatic N) is 6. The Balaban J connectivity index is 1.29. The number of hydrogen-bond acceptors (Lipinski definition) is 5. The zero-order valence-electron chi connectivity index (χ0n) is 16.9. The van der Waals surface area contributed by atoms with Crippen molar-refractivity contribution < 1.29 is 9.18 Å². The number of carbonyl (C=O) groups excluding carboxylic acids is 1. The highest BCUT2D eigenvalue weighted by Crippen LogP contribution is 2.20. The van der Waals surface area contributed by atoms with E-state index in [2.05, 4.69) is 15.1 Å². The van der Waals surface area contributed by atoms with Crippen LogP contribution in [-0.2, 0) is 11.2 Å². The number of piperazine rings is 1. The Bertz CT molecular complexity index is 1220. The molecule has 1 aliphatic rings. The van der Waals surface area contributed by atoms with Crippen molar-refractivity contribution in [3.8, 4) is 11.4 Å². The number of halogens is 1. The fraction of sp³-hybridized carbons (Fsp3) is 0.217. The van der Waals surface area contributed by atoms with Crippen molar-refractivity contribution in [1.29, 1.82) is 0 Å². The third kappa shape index (κ3) is 3.84. The lowest BCUT2D eigenvalue weighted by atomic mass is 10.1. The Morgan fingerprint density at radius 1 is 0.871 bits per heavy atom. The van der Waals surface area contributed by atoms with Crippen molar-refractivity contribution in [3.05, 3.63) is 78.1 Å². The van der Waals surface area contributed by atoms with E-state index >= 15 is 0 Å². The van der Waals surface area contributed by atoms with E-state index in [-0.39, 0.29) is 18.1 Å². The highest BCUT2D eigenvalue weighted by molar-refractivity contribution is 5.79. The summed E-state index contributed by atoms with van der Waals surface area (Å²) in [5, 5.41) is 13.2. The Kier molecular flexibility index (Phi) is 5.03. The molecule has 0 atom stereocenters. The molecule has 0 bridgehead atoms. The standard InChI is InChI=1S/C23H21FN6O/c24-19-9-5-4-8-18(19)16-22(31)29-14-12-28(13-15-29)21-11-10-20-25-26-23(30(20)27-21)17-6-2-1-3-7-17/h1-11H,12-16H2. The second-order valence-electron chi connectivity index (χ2n) is 7.49. The first kappa shape index (κ1) is 19.2. The fourth-order valence-electron chi connectivity index (χ4n) is 3.82. The number of aromatic nitrogens is 4. The van der Waals surface area contributed by atoms with Crippen LogP contribution in [0.5, 0.6) is 0 Å². The molecule has 8 heteroatoms. The highest BCUT2D eigenvalue weighted by Gasteiger charge is 2.23. The maximum atomic E-state index is 13.9. The molecule has 0 radical (unpaired) electrons. The second-order valence-corrected chi connectivity index (χ2v) is 7.49. The van der Waals surface area contributed by atoms with Gasteiger partial charge >= 0.3 is 0 Å². The van der Waals surface area contributed by atoms with E-state index in [1.165, 1.54) is 6.07 Å².